The van der Waals surface area contributed by atoms with Crippen LogP contribution < -0.4 is 4.90 Å². The van der Waals surface area contributed by atoms with Crippen molar-refractivity contribution < 1.29 is 4.42 Å². The van der Waals surface area contributed by atoms with Crippen LogP contribution in [0.5, 0.6) is 0 Å². The molecule has 46 heavy (non-hydrogen) atoms. The van der Waals surface area contributed by atoms with Gasteiger partial charge in [-0.1, -0.05) is 6.07 Å². The number of furan rings is 1. The summed E-state index contributed by atoms with van der Waals surface area (Å²) in [7, 11) is 0. The second kappa shape index (κ2) is 9.98. The number of hydrogen-bond donors (Lipinski definition) is 0. The van der Waals surface area contributed by atoms with E-state index < -0.39 is 0 Å². The van der Waals surface area contributed by atoms with E-state index in [0.29, 0.717) is 0 Å². The molecule has 0 spiro atoms. The molecule has 0 saturated heterocycles. The summed E-state index contributed by atoms with van der Waals surface area (Å²) in [6.07, 6.45) is 0. The van der Waals surface area contributed by atoms with Crippen molar-refractivity contribution in [1.82, 2.24) is 4.57 Å². The Hall–Kier alpha value is -5.54. The molecule has 0 aliphatic heterocycles. The second-order valence-corrected chi connectivity index (χ2v) is 14.1. The monoisotopic (exact) mass is 654 g/mol. The summed E-state index contributed by atoms with van der Waals surface area (Å²) >= 11 is 0.269. The molecular formula is C42H26N2OSe. The fourth-order valence-electron chi connectivity index (χ4n) is 7.11. The summed E-state index contributed by atoms with van der Waals surface area (Å²) < 4.78 is 11.5. The molecule has 0 unspecified atom stereocenters. The number of anilines is 3. The molecule has 0 N–H and O–H groups in total. The maximum absolute atomic E-state index is 6.23. The number of benzene rings is 7. The third-order valence-electron chi connectivity index (χ3n) is 9.17. The minimum atomic E-state index is 0.269. The van der Waals surface area contributed by atoms with Gasteiger partial charge in [0.05, 0.1) is 0 Å². The molecule has 0 saturated carbocycles. The van der Waals surface area contributed by atoms with Crippen LogP contribution in [0, 0.1) is 0 Å². The van der Waals surface area contributed by atoms with Gasteiger partial charge in [0, 0.05) is 0 Å². The SMILES string of the molecule is c1ccc(-n2c3ccccc3c3cc(N(c4ccc5c(c4)[se]c4ccccc45)c4ccc5oc6ccccc6c5c4)ccc32)cc1. The van der Waals surface area contributed by atoms with Gasteiger partial charge in [0.1, 0.15) is 0 Å². The first-order valence-corrected chi connectivity index (χ1v) is 17.2. The van der Waals surface area contributed by atoms with E-state index in [1.807, 2.05) is 12.1 Å². The van der Waals surface area contributed by atoms with Gasteiger partial charge in [0.25, 0.3) is 0 Å². The molecule has 3 heterocycles. The summed E-state index contributed by atoms with van der Waals surface area (Å²) in [5.41, 5.74) is 8.76. The average molecular weight is 654 g/mol. The van der Waals surface area contributed by atoms with E-state index in [9.17, 15) is 0 Å². The van der Waals surface area contributed by atoms with E-state index in [4.69, 9.17) is 4.42 Å². The number of nitrogens with zero attached hydrogens (tertiary/aromatic N) is 2. The van der Waals surface area contributed by atoms with Crippen LogP contribution in [-0.2, 0) is 0 Å². The van der Waals surface area contributed by atoms with E-state index in [1.165, 1.54) is 41.1 Å². The van der Waals surface area contributed by atoms with Gasteiger partial charge < -0.3 is 0 Å². The number of para-hydroxylation sites is 3. The molecule has 10 rings (SSSR count). The van der Waals surface area contributed by atoms with Crippen molar-refractivity contribution in [3.8, 4) is 5.69 Å². The molecule has 0 amide bonds. The molecule has 216 valence electrons. The zero-order chi connectivity index (χ0) is 30.2. The van der Waals surface area contributed by atoms with E-state index >= 15 is 0 Å². The summed E-state index contributed by atoms with van der Waals surface area (Å²) in [6.45, 7) is 0. The van der Waals surface area contributed by atoms with Crippen molar-refractivity contribution in [3.05, 3.63) is 158 Å². The predicted octanol–water partition coefficient (Wildman–Crippen LogP) is 11.5. The molecule has 0 atom stereocenters. The Labute approximate surface area is 270 Å². The Morgan fingerprint density at radius 2 is 1.02 bits per heavy atom. The van der Waals surface area contributed by atoms with Crippen molar-refractivity contribution in [2.75, 3.05) is 4.90 Å². The number of fused-ring (bicyclic) bond motifs is 9. The van der Waals surface area contributed by atoms with Gasteiger partial charge in [-0.3, -0.25) is 0 Å². The summed E-state index contributed by atoms with van der Waals surface area (Å²) in [5, 5.41) is 7.46. The van der Waals surface area contributed by atoms with Gasteiger partial charge in [-0.2, -0.15) is 0 Å². The average Bonchev–Trinajstić information content (AvgIpc) is 3.78. The Kier molecular flexibility index (Phi) is 5.59. The number of aromatic nitrogens is 1. The van der Waals surface area contributed by atoms with Crippen LogP contribution in [0.3, 0.4) is 0 Å². The normalized spacial score (nSPS) is 11.9. The standard InChI is InChI=1S/C42H26N2OSe/c1-2-10-27(11-3-1)44-37-15-7-4-12-31(37)35-24-28(19-22-38(35)44)43(29-20-23-40-36(25-29)32-13-5-8-16-39(32)45-40)30-18-21-34-33-14-6-9-17-41(33)46-42(34)26-30/h1-26H. The van der Waals surface area contributed by atoms with Crippen LogP contribution in [-0.4, -0.2) is 19.1 Å². The van der Waals surface area contributed by atoms with Gasteiger partial charge >= 0.3 is 266 Å². The Morgan fingerprint density at radius 1 is 0.413 bits per heavy atom. The molecule has 0 radical (unpaired) electrons. The van der Waals surface area contributed by atoms with Gasteiger partial charge in [-0.05, 0) is 0 Å². The Bertz CT molecular complexity index is 2770. The summed E-state index contributed by atoms with van der Waals surface area (Å²) in [6, 6.07) is 57.0. The first kappa shape index (κ1) is 25.8. The summed E-state index contributed by atoms with van der Waals surface area (Å²) in [4.78, 5) is 2.41. The van der Waals surface area contributed by atoms with Gasteiger partial charge in [-0.15, -0.1) is 0 Å². The first-order valence-electron chi connectivity index (χ1n) is 15.5. The topological polar surface area (TPSA) is 21.3 Å². The van der Waals surface area contributed by atoms with Crippen molar-refractivity contribution in [2.24, 2.45) is 0 Å². The fraction of sp³-hybridized carbons (Fsp3) is 0. The number of rotatable bonds is 4. The van der Waals surface area contributed by atoms with E-state index in [2.05, 4.69) is 155 Å². The molecule has 3 nitrogen and oxygen atoms in total. The van der Waals surface area contributed by atoms with E-state index in [0.717, 1.165) is 44.7 Å². The van der Waals surface area contributed by atoms with Crippen molar-refractivity contribution in [2.45, 2.75) is 0 Å². The van der Waals surface area contributed by atoms with Crippen LogP contribution in [0.1, 0.15) is 0 Å². The fourth-order valence-corrected chi connectivity index (χ4v) is 9.50. The van der Waals surface area contributed by atoms with E-state index in [1.54, 1.807) is 0 Å². The Morgan fingerprint density at radius 3 is 1.91 bits per heavy atom. The Balaban J connectivity index is 1.24. The summed E-state index contributed by atoms with van der Waals surface area (Å²) in [5.74, 6) is 0. The minimum absolute atomic E-state index is 0.269. The zero-order valence-electron chi connectivity index (χ0n) is 24.7. The van der Waals surface area contributed by atoms with Crippen molar-refractivity contribution in [1.29, 1.82) is 0 Å². The molecule has 0 fully saturated rings. The predicted molar refractivity (Wildman–Crippen MR) is 195 cm³/mol. The van der Waals surface area contributed by atoms with Gasteiger partial charge in [-0.25, -0.2) is 0 Å². The molecule has 0 aliphatic carbocycles. The maximum atomic E-state index is 6.23. The molecule has 10 aromatic rings. The molecular weight excluding hydrogens is 627 g/mol. The molecule has 3 aromatic heterocycles. The zero-order valence-corrected chi connectivity index (χ0v) is 26.4. The molecule has 4 heteroatoms. The third kappa shape index (κ3) is 3.85. The van der Waals surface area contributed by atoms with Crippen LogP contribution >= 0.6 is 0 Å². The van der Waals surface area contributed by atoms with Crippen LogP contribution in [0.2, 0.25) is 0 Å². The van der Waals surface area contributed by atoms with Crippen LogP contribution in [0.4, 0.5) is 17.1 Å². The molecule has 7 aromatic carbocycles. The second-order valence-electron chi connectivity index (χ2n) is 11.8. The third-order valence-corrected chi connectivity index (χ3v) is 11.5. The van der Waals surface area contributed by atoms with Gasteiger partial charge in [0.2, 0.25) is 0 Å². The quantitative estimate of drug-likeness (QED) is 0.176. The molecule has 0 aliphatic rings. The van der Waals surface area contributed by atoms with Crippen molar-refractivity contribution >= 4 is 94.6 Å². The van der Waals surface area contributed by atoms with Crippen LogP contribution in [0.25, 0.3) is 68.7 Å². The van der Waals surface area contributed by atoms with Crippen molar-refractivity contribution in [3.63, 3.8) is 0 Å². The van der Waals surface area contributed by atoms with Gasteiger partial charge in [0.15, 0.2) is 0 Å². The van der Waals surface area contributed by atoms with Crippen LogP contribution in [0.15, 0.2) is 162 Å². The van der Waals surface area contributed by atoms with E-state index in [-0.39, 0.29) is 14.5 Å². The first-order chi connectivity index (χ1) is 22.8. The molecule has 0 bridgehead atoms. The number of hydrogen-bond acceptors (Lipinski definition) is 2.